The Bertz CT molecular complexity index is 1130. The van der Waals surface area contributed by atoms with E-state index in [4.69, 9.17) is 0 Å². The maximum Gasteiger partial charge on any atom is 0.159 e. The summed E-state index contributed by atoms with van der Waals surface area (Å²) < 4.78 is 0. The Balaban J connectivity index is 1.35. The van der Waals surface area contributed by atoms with Gasteiger partial charge in [-0.05, 0) is 23.3 Å². The molecule has 0 saturated carbocycles. The van der Waals surface area contributed by atoms with Crippen LogP contribution in [0.1, 0.15) is 0 Å². The zero-order valence-electron chi connectivity index (χ0n) is 16.1. The Morgan fingerprint density at radius 3 is 1.27 bits per heavy atom. The molecule has 5 aromatic rings. The summed E-state index contributed by atoms with van der Waals surface area (Å²) in [5, 5.41) is 0. The van der Waals surface area contributed by atoms with E-state index in [0.717, 1.165) is 39.2 Å². The van der Waals surface area contributed by atoms with Crippen LogP contribution in [0.4, 0.5) is 0 Å². The minimum atomic E-state index is 0.688. The Hall–Kier alpha value is -4.25. The maximum absolute atomic E-state index is 4.51. The molecule has 5 rings (SSSR count). The second-order valence-corrected chi connectivity index (χ2v) is 6.77. The highest BCUT2D eigenvalue weighted by molar-refractivity contribution is 5.70. The molecule has 0 aliphatic rings. The standard InChI is InChI=1S/C25H17N5/c1-2-4-20(5-3-1)24-27-14-22(15-28-24)18-6-8-19(9-7-18)23-16-29-25(30-17-23)21-10-12-26-13-11-21/h1-17H. The third-order valence-electron chi connectivity index (χ3n) is 4.83. The molecule has 30 heavy (non-hydrogen) atoms. The van der Waals surface area contributed by atoms with Crippen LogP contribution in [-0.4, -0.2) is 24.9 Å². The number of rotatable bonds is 4. The summed E-state index contributed by atoms with van der Waals surface area (Å²) in [7, 11) is 0. The van der Waals surface area contributed by atoms with Gasteiger partial charge in [-0.3, -0.25) is 4.98 Å². The Morgan fingerprint density at radius 1 is 0.367 bits per heavy atom. The lowest BCUT2D eigenvalue weighted by molar-refractivity contribution is 1.17. The molecule has 142 valence electrons. The van der Waals surface area contributed by atoms with Crippen molar-refractivity contribution in [2.45, 2.75) is 0 Å². The number of benzene rings is 2. The highest BCUT2D eigenvalue weighted by Crippen LogP contribution is 2.25. The smallest absolute Gasteiger partial charge is 0.159 e. The highest BCUT2D eigenvalue weighted by atomic mass is 14.9. The third-order valence-corrected chi connectivity index (χ3v) is 4.83. The van der Waals surface area contributed by atoms with Crippen LogP contribution in [0.15, 0.2) is 104 Å². The first-order valence-corrected chi connectivity index (χ1v) is 9.57. The molecule has 2 aromatic carbocycles. The molecule has 0 aliphatic heterocycles. The van der Waals surface area contributed by atoms with Crippen molar-refractivity contribution in [3.8, 4) is 45.0 Å². The van der Waals surface area contributed by atoms with E-state index in [9.17, 15) is 0 Å². The second kappa shape index (κ2) is 8.01. The van der Waals surface area contributed by atoms with Gasteiger partial charge in [0, 0.05) is 59.4 Å². The van der Waals surface area contributed by atoms with E-state index in [1.54, 1.807) is 12.4 Å². The molecule has 0 N–H and O–H groups in total. The summed E-state index contributed by atoms with van der Waals surface area (Å²) in [6.45, 7) is 0. The van der Waals surface area contributed by atoms with Crippen molar-refractivity contribution in [2.75, 3.05) is 0 Å². The van der Waals surface area contributed by atoms with Crippen LogP contribution in [0.5, 0.6) is 0 Å². The molecular weight excluding hydrogens is 370 g/mol. The largest absolute Gasteiger partial charge is 0.265 e. The number of hydrogen-bond donors (Lipinski definition) is 0. The van der Waals surface area contributed by atoms with Crippen LogP contribution in [0.3, 0.4) is 0 Å². The summed E-state index contributed by atoms with van der Waals surface area (Å²) in [6.07, 6.45) is 10.9. The zero-order valence-corrected chi connectivity index (χ0v) is 16.1. The molecule has 0 amide bonds. The molecule has 5 heteroatoms. The zero-order chi connectivity index (χ0) is 20.2. The quantitative estimate of drug-likeness (QED) is 0.417. The van der Waals surface area contributed by atoms with Crippen molar-refractivity contribution in [3.05, 3.63) is 104 Å². The molecule has 0 saturated heterocycles. The lowest BCUT2D eigenvalue weighted by atomic mass is 10.0. The van der Waals surface area contributed by atoms with Crippen molar-refractivity contribution < 1.29 is 0 Å². The molecule has 0 aliphatic carbocycles. The molecule has 0 unspecified atom stereocenters. The highest BCUT2D eigenvalue weighted by Gasteiger charge is 2.06. The Morgan fingerprint density at radius 2 is 0.800 bits per heavy atom. The SMILES string of the molecule is c1ccc(-c2ncc(-c3ccc(-c4cnc(-c5ccncc5)nc4)cc3)cn2)cc1. The van der Waals surface area contributed by atoms with E-state index >= 15 is 0 Å². The van der Waals surface area contributed by atoms with Crippen molar-refractivity contribution in [1.29, 1.82) is 0 Å². The summed E-state index contributed by atoms with van der Waals surface area (Å²) >= 11 is 0. The molecular formula is C25H17N5. The summed E-state index contributed by atoms with van der Waals surface area (Å²) in [4.78, 5) is 22.0. The fourth-order valence-electron chi connectivity index (χ4n) is 3.20. The first kappa shape index (κ1) is 17.8. The summed E-state index contributed by atoms with van der Waals surface area (Å²) in [5.74, 6) is 1.41. The van der Waals surface area contributed by atoms with Gasteiger partial charge in [0.15, 0.2) is 11.6 Å². The minimum absolute atomic E-state index is 0.688. The van der Waals surface area contributed by atoms with Gasteiger partial charge in [0.05, 0.1) is 0 Å². The summed E-state index contributed by atoms with van der Waals surface area (Å²) in [5.41, 5.74) is 6.02. The van der Waals surface area contributed by atoms with Crippen LogP contribution in [0, 0.1) is 0 Å². The van der Waals surface area contributed by atoms with E-state index < -0.39 is 0 Å². The van der Waals surface area contributed by atoms with E-state index in [1.165, 1.54) is 0 Å². The number of aromatic nitrogens is 5. The van der Waals surface area contributed by atoms with E-state index in [2.05, 4.69) is 49.2 Å². The van der Waals surface area contributed by atoms with Crippen LogP contribution < -0.4 is 0 Å². The van der Waals surface area contributed by atoms with Gasteiger partial charge >= 0.3 is 0 Å². The summed E-state index contributed by atoms with van der Waals surface area (Å²) in [6, 6.07) is 22.0. The van der Waals surface area contributed by atoms with Gasteiger partial charge in [-0.1, -0.05) is 54.6 Å². The van der Waals surface area contributed by atoms with Crippen LogP contribution >= 0.6 is 0 Å². The minimum Gasteiger partial charge on any atom is -0.265 e. The average Bonchev–Trinajstić information content (AvgIpc) is 2.85. The van der Waals surface area contributed by atoms with Gasteiger partial charge in [0.25, 0.3) is 0 Å². The molecule has 0 atom stereocenters. The van der Waals surface area contributed by atoms with Gasteiger partial charge in [-0.15, -0.1) is 0 Å². The average molecular weight is 387 g/mol. The van der Waals surface area contributed by atoms with E-state index in [1.807, 2.05) is 67.3 Å². The second-order valence-electron chi connectivity index (χ2n) is 6.77. The van der Waals surface area contributed by atoms with Gasteiger partial charge in [-0.2, -0.15) is 0 Å². The predicted octanol–water partition coefficient (Wildman–Crippen LogP) is 5.33. The molecule has 3 heterocycles. The van der Waals surface area contributed by atoms with Gasteiger partial charge in [0.1, 0.15) is 0 Å². The van der Waals surface area contributed by atoms with Crippen LogP contribution in [-0.2, 0) is 0 Å². The molecule has 0 spiro atoms. The molecule has 0 bridgehead atoms. The van der Waals surface area contributed by atoms with Gasteiger partial charge in [-0.25, -0.2) is 19.9 Å². The fourth-order valence-corrected chi connectivity index (χ4v) is 3.20. The lowest BCUT2D eigenvalue weighted by Gasteiger charge is -2.06. The predicted molar refractivity (Wildman–Crippen MR) is 117 cm³/mol. The number of pyridine rings is 1. The maximum atomic E-state index is 4.51. The third kappa shape index (κ3) is 3.69. The topological polar surface area (TPSA) is 64.5 Å². The molecule has 0 fully saturated rings. The number of nitrogens with zero attached hydrogens (tertiary/aromatic N) is 5. The Kier molecular flexibility index (Phi) is 4.76. The first-order valence-electron chi connectivity index (χ1n) is 9.57. The first-order chi connectivity index (χ1) is 14.9. The van der Waals surface area contributed by atoms with E-state index in [0.29, 0.717) is 5.82 Å². The van der Waals surface area contributed by atoms with Crippen molar-refractivity contribution in [1.82, 2.24) is 24.9 Å². The molecule has 0 radical (unpaired) electrons. The monoisotopic (exact) mass is 387 g/mol. The van der Waals surface area contributed by atoms with E-state index in [-0.39, 0.29) is 0 Å². The molecule has 5 nitrogen and oxygen atoms in total. The molecule has 3 aromatic heterocycles. The van der Waals surface area contributed by atoms with Crippen molar-refractivity contribution >= 4 is 0 Å². The Labute approximate surface area is 174 Å². The van der Waals surface area contributed by atoms with Crippen molar-refractivity contribution in [3.63, 3.8) is 0 Å². The van der Waals surface area contributed by atoms with Crippen LogP contribution in [0.2, 0.25) is 0 Å². The van der Waals surface area contributed by atoms with Gasteiger partial charge < -0.3 is 0 Å². The van der Waals surface area contributed by atoms with Crippen molar-refractivity contribution in [2.24, 2.45) is 0 Å². The fraction of sp³-hybridized carbons (Fsp3) is 0. The van der Waals surface area contributed by atoms with Crippen LogP contribution in [0.25, 0.3) is 45.0 Å². The lowest BCUT2D eigenvalue weighted by Crippen LogP contribution is -1.91. The number of hydrogen-bond acceptors (Lipinski definition) is 5. The normalized spacial score (nSPS) is 10.7. The van der Waals surface area contributed by atoms with Gasteiger partial charge in [0.2, 0.25) is 0 Å².